The Morgan fingerprint density at radius 1 is 1.28 bits per heavy atom. The van der Waals surface area contributed by atoms with Gasteiger partial charge in [-0.05, 0) is 50.6 Å². The molecule has 8 nitrogen and oxygen atoms in total. The number of carboxylic acid groups (broad SMARTS) is 1. The van der Waals surface area contributed by atoms with E-state index in [1.54, 1.807) is 0 Å². The van der Waals surface area contributed by atoms with Gasteiger partial charge in [-0.25, -0.2) is 0 Å². The highest BCUT2D eigenvalue weighted by Gasteiger charge is 2.26. The normalized spacial score (nSPS) is 15.3. The maximum atomic E-state index is 11.0. The Hall–Kier alpha value is -2.16. The average Bonchev–Trinajstić information content (AvgIpc) is 3.16. The number of aliphatic carboxylic acids is 1. The van der Waals surface area contributed by atoms with E-state index in [-0.39, 0.29) is 19.0 Å². The molecule has 1 aromatic heterocycles. The van der Waals surface area contributed by atoms with Gasteiger partial charge in [0.25, 0.3) is 0 Å². The first kappa shape index (κ1) is 23.1. The van der Waals surface area contributed by atoms with E-state index in [0.29, 0.717) is 30.9 Å². The molecule has 0 unspecified atom stereocenters. The maximum Gasteiger partial charge on any atom is 0.317 e. The van der Waals surface area contributed by atoms with Gasteiger partial charge in [-0.2, -0.15) is 4.98 Å². The second kappa shape index (κ2) is 11.1. The van der Waals surface area contributed by atoms with E-state index in [1.807, 2.05) is 43.0 Å². The van der Waals surface area contributed by atoms with Gasteiger partial charge in [-0.1, -0.05) is 12.1 Å². The van der Waals surface area contributed by atoms with Crippen molar-refractivity contribution in [2.24, 2.45) is 0 Å². The molecule has 0 aliphatic carbocycles. The number of aromatic nitrogens is 2. The van der Waals surface area contributed by atoms with Gasteiger partial charge in [0.05, 0.1) is 19.7 Å². The third kappa shape index (κ3) is 6.42. The minimum absolute atomic E-state index is 0. The summed E-state index contributed by atoms with van der Waals surface area (Å²) in [5, 5.41) is 13.1. The molecule has 0 atom stereocenters. The first-order chi connectivity index (χ1) is 13.6. The summed E-state index contributed by atoms with van der Waals surface area (Å²) in [6.07, 6.45) is 1.89. The zero-order valence-corrected chi connectivity index (χ0v) is 17.7. The number of benzene rings is 1. The van der Waals surface area contributed by atoms with Crippen LogP contribution in [0.5, 0.6) is 5.75 Å². The monoisotopic (exact) mass is 424 g/mol. The van der Waals surface area contributed by atoms with Crippen LogP contribution in [0.2, 0.25) is 0 Å². The van der Waals surface area contributed by atoms with Gasteiger partial charge in [0.2, 0.25) is 11.7 Å². The number of likely N-dealkylation sites (N-methyl/N-ethyl adjacent to an activating group) is 1. The van der Waals surface area contributed by atoms with Crippen LogP contribution in [-0.2, 0) is 11.3 Å². The Morgan fingerprint density at radius 3 is 2.55 bits per heavy atom. The second-order valence-electron chi connectivity index (χ2n) is 6.93. The Morgan fingerprint density at radius 2 is 1.97 bits per heavy atom. The van der Waals surface area contributed by atoms with Crippen molar-refractivity contribution in [2.45, 2.75) is 39.3 Å². The SMILES string of the molecule is CCOc1ccc(-c2noc(CN3CCC(N(CC)CC(=O)O)CC3)n2)cc1.Cl. The minimum Gasteiger partial charge on any atom is -0.494 e. The van der Waals surface area contributed by atoms with Crippen molar-refractivity contribution in [1.82, 2.24) is 19.9 Å². The molecule has 0 bridgehead atoms. The van der Waals surface area contributed by atoms with Crippen LogP contribution >= 0.6 is 12.4 Å². The summed E-state index contributed by atoms with van der Waals surface area (Å²) in [6.45, 7) is 7.85. The average molecular weight is 425 g/mol. The molecule has 2 aromatic rings. The molecule has 29 heavy (non-hydrogen) atoms. The lowest BCUT2D eigenvalue weighted by Gasteiger charge is -2.36. The molecule has 0 spiro atoms. The first-order valence-corrected chi connectivity index (χ1v) is 9.83. The second-order valence-corrected chi connectivity index (χ2v) is 6.93. The Labute approximate surface area is 177 Å². The third-order valence-corrected chi connectivity index (χ3v) is 5.07. The molecule has 160 valence electrons. The molecule has 2 heterocycles. The van der Waals surface area contributed by atoms with E-state index in [9.17, 15) is 4.79 Å². The number of carbonyl (C=O) groups is 1. The van der Waals surface area contributed by atoms with E-state index in [4.69, 9.17) is 14.4 Å². The largest absolute Gasteiger partial charge is 0.494 e. The summed E-state index contributed by atoms with van der Waals surface area (Å²) in [4.78, 5) is 19.8. The van der Waals surface area contributed by atoms with E-state index < -0.39 is 5.97 Å². The van der Waals surface area contributed by atoms with Crippen LogP contribution in [-0.4, -0.2) is 69.8 Å². The molecule has 1 N–H and O–H groups in total. The van der Waals surface area contributed by atoms with Crippen LogP contribution in [0.3, 0.4) is 0 Å². The van der Waals surface area contributed by atoms with Crippen LogP contribution < -0.4 is 4.74 Å². The molecule has 9 heteroatoms. The third-order valence-electron chi connectivity index (χ3n) is 5.07. The number of likely N-dealkylation sites (tertiary alicyclic amines) is 1. The van der Waals surface area contributed by atoms with Crippen molar-refractivity contribution in [3.63, 3.8) is 0 Å². The number of hydrogen-bond acceptors (Lipinski definition) is 7. The van der Waals surface area contributed by atoms with Crippen molar-refractivity contribution >= 4 is 18.4 Å². The van der Waals surface area contributed by atoms with Crippen LogP contribution in [0.4, 0.5) is 0 Å². The van der Waals surface area contributed by atoms with Gasteiger partial charge in [0.15, 0.2) is 0 Å². The summed E-state index contributed by atoms with van der Waals surface area (Å²) in [6, 6.07) is 7.96. The lowest BCUT2D eigenvalue weighted by atomic mass is 10.0. The minimum atomic E-state index is -0.767. The highest BCUT2D eigenvalue weighted by atomic mass is 35.5. The number of halogens is 1. The highest BCUT2D eigenvalue weighted by molar-refractivity contribution is 5.85. The van der Waals surface area contributed by atoms with Crippen molar-refractivity contribution in [3.05, 3.63) is 30.2 Å². The summed E-state index contributed by atoms with van der Waals surface area (Å²) < 4.78 is 10.9. The number of nitrogens with zero attached hydrogens (tertiary/aromatic N) is 4. The fourth-order valence-electron chi connectivity index (χ4n) is 3.61. The number of ether oxygens (including phenoxy) is 1. The zero-order chi connectivity index (χ0) is 19.9. The van der Waals surface area contributed by atoms with Crippen molar-refractivity contribution < 1.29 is 19.2 Å². The van der Waals surface area contributed by atoms with Crippen molar-refractivity contribution in [3.8, 4) is 17.1 Å². The number of carboxylic acids is 1. The van der Waals surface area contributed by atoms with E-state index in [0.717, 1.165) is 43.8 Å². The number of hydrogen-bond donors (Lipinski definition) is 1. The first-order valence-electron chi connectivity index (χ1n) is 9.83. The molecule has 1 aliphatic rings. The lowest BCUT2D eigenvalue weighted by molar-refractivity contribution is -0.139. The van der Waals surface area contributed by atoms with Gasteiger partial charge in [-0.15, -0.1) is 12.4 Å². The van der Waals surface area contributed by atoms with E-state index in [1.165, 1.54) is 0 Å². The van der Waals surface area contributed by atoms with Gasteiger partial charge < -0.3 is 14.4 Å². The topological polar surface area (TPSA) is 91.9 Å². The lowest BCUT2D eigenvalue weighted by Crippen LogP contribution is -2.46. The predicted octanol–water partition coefficient (Wildman–Crippen LogP) is 2.93. The van der Waals surface area contributed by atoms with Crippen LogP contribution in [0.15, 0.2) is 28.8 Å². The Balaban J connectivity index is 0.00000300. The maximum absolute atomic E-state index is 11.0. The quantitative estimate of drug-likeness (QED) is 0.656. The highest BCUT2D eigenvalue weighted by Crippen LogP contribution is 2.22. The smallest absolute Gasteiger partial charge is 0.317 e. The molecule has 1 fully saturated rings. The predicted molar refractivity (Wildman–Crippen MR) is 111 cm³/mol. The number of piperidine rings is 1. The van der Waals surface area contributed by atoms with Crippen molar-refractivity contribution in [1.29, 1.82) is 0 Å². The summed E-state index contributed by atoms with van der Waals surface area (Å²) in [5.41, 5.74) is 0.893. The van der Waals surface area contributed by atoms with Gasteiger partial charge in [0, 0.05) is 24.7 Å². The molecular weight excluding hydrogens is 396 g/mol. The fraction of sp³-hybridized carbons (Fsp3) is 0.550. The van der Waals surface area contributed by atoms with E-state index >= 15 is 0 Å². The van der Waals surface area contributed by atoms with Gasteiger partial charge >= 0.3 is 5.97 Å². The summed E-state index contributed by atoms with van der Waals surface area (Å²) >= 11 is 0. The van der Waals surface area contributed by atoms with Crippen molar-refractivity contribution in [2.75, 3.05) is 32.8 Å². The molecule has 1 saturated heterocycles. The molecule has 0 amide bonds. The number of rotatable bonds is 9. The van der Waals surface area contributed by atoms with Crippen LogP contribution in [0, 0.1) is 0 Å². The molecule has 0 radical (unpaired) electrons. The van der Waals surface area contributed by atoms with E-state index in [2.05, 4.69) is 15.0 Å². The molecule has 0 saturated carbocycles. The van der Waals surface area contributed by atoms with Gasteiger partial charge in [-0.3, -0.25) is 14.6 Å². The van der Waals surface area contributed by atoms with Gasteiger partial charge in [0.1, 0.15) is 5.75 Å². The molecular formula is C20H29ClN4O4. The van der Waals surface area contributed by atoms with Crippen LogP contribution in [0.1, 0.15) is 32.6 Å². The summed E-state index contributed by atoms with van der Waals surface area (Å²) in [7, 11) is 0. The Bertz CT molecular complexity index is 760. The standard InChI is InChI=1S/C20H28N4O4.ClH/c1-3-24(14-19(25)26)16-9-11-23(12-10-16)13-18-21-20(22-28-18)15-5-7-17(8-6-15)27-4-2;/h5-8,16H,3-4,9-14H2,1-2H3,(H,25,26);1H. The molecule has 1 aliphatic heterocycles. The fourth-order valence-corrected chi connectivity index (χ4v) is 3.61. The summed E-state index contributed by atoms with van der Waals surface area (Å²) in [5.74, 6) is 1.23. The molecule has 3 rings (SSSR count). The molecule has 1 aromatic carbocycles. The van der Waals surface area contributed by atoms with Crippen LogP contribution in [0.25, 0.3) is 11.4 Å². The zero-order valence-electron chi connectivity index (χ0n) is 16.9. The Kier molecular flexibility index (Phi) is 8.88.